The molecule has 0 aliphatic heterocycles. The van der Waals surface area contributed by atoms with E-state index in [1.165, 1.54) is 0 Å². The van der Waals surface area contributed by atoms with Gasteiger partial charge in [0.2, 0.25) is 0 Å². The normalized spacial score (nSPS) is 10.5. The largest absolute Gasteiger partial charge is 0.364 e. The van der Waals surface area contributed by atoms with Crippen LogP contribution in [0.15, 0.2) is 12.1 Å². The Bertz CT molecular complexity index is 348. The van der Waals surface area contributed by atoms with Crippen LogP contribution in [0.4, 0.5) is 5.82 Å². The topological polar surface area (TPSA) is 72.1 Å². The van der Waals surface area contributed by atoms with Gasteiger partial charge < -0.3 is 10.6 Å². The van der Waals surface area contributed by atoms with Crippen LogP contribution in [0.5, 0.6) is 0 Å². The third-order valence-corrected chi connectivity index (χ3v) is 2.34. The van der Waals surface area contributed by atoms with E-state index in [0.717, 1.165) is 18.8 Å². The number of anilines is 1. The third kappa shape index (κ3) is 3.49. The summed E-state index contributed by atoms with van der Waals surface area (Å²) in [5.41, 5.74) is 5.28. The van der Waals surface area contributed by atoms with Crippen LogP contribution in [0.3, 0.4) is 0 Å². The first-order valence-corrected chi connectivity index (χ1v) is 5.35. The Labute approximate surface area is 95.7 Å². The fraction of sp³-hybridized carbons (Fsp3) is 0.545. The van der Waals surface area contributed by atoms with E-state index in [0.29, 0.717) is 5.92 Å². The monoisotopic (exact) mass is 222 g/mol. The standard InChI is InChI=1S/C11H18N4O/c1-8(2)6-7-15(3)10-5-4-9(11(12)16)13-14-10/h4-5,8H,6-7H2,1-3H3,(H2,12,16). The minimum atomic E-state index is -0.552. The molecule has 0 saturated carbocycles. The van der Waals surface area contributed by atoms with E-state index in [1.807, 2.05) is 11.9 Å². The van der Waals surface area contributed by atoms with Crippen molar-refractivity contribution in [3.63, 3.8) is 0 Å². The van der Waals surface area contributed by atoms with Gasteiger partial charge in [0.05, 0.1) is 0 Å². The summed E-state index contributed by atoms with van der Waals surface area (Å²) >= 11 is 0. The lowest BCUT2D eigenvalue weighted by atomic mass is 10.1. The molecule has 0 unspecified atom stereocenters. The maximum absolute atomic E-state index is 10.8. The maximum Gasteiger partial charge on any atom is 0.269 e. The molecule has 1 aromatic rings. The maximum atomic E-state index is 10.8. The van der Waals surface area contributed by atoms with Crippen molar-refractivity contribution >= 4 is 11.7 Å². The van der Waals surface area contributed by atoms with Crippen LogP contribution in [-0.2, 0) is 0 Å². The third-order valence-electron chi connectivity index (χ3n) is 2.34. The van der Waals surface area contributed by atoms with Gasteiger partial charge in [-0.1, -0.05) is 13.8 Å². The number of rotatable bonds is 5. The van der Waals surface area contributed by atoms with Gasteiger partial charge in [-0.3, -0.25) is 4.79 Å². The first-order valence-electron chi connectivity index (χ1n) is 5.35. The molecule has 0 aliphatic rings. The van der Waals surface area contributed by atoms with Crippen molar-refractivity contribution in [1.29, 1.82) is 0 Å². The van der Waals surface area contributed by atoms with E-state index in [4.69, 9.17) is 5.73 Å². The number of nitrogens with two attached hydrogens (primary N) is 1. The van der Waals surface area contributed by atoms with Gasteiger partial charge in [0.25, 0.3) is 5.91 Å². The summed E-state index contributed by atoms with van der Waals surface area (Å²) in [7, 11) is 1.95. The number of primary amides is 1. The van der Waals surface area contributed by atoms with Crippen molar-refractivity contribution in [1.82, 2.24) is 10.2 Å². The molecule has 1 heterocycles. The summed E-state index contributed by atoms with van der Waals surface area (Å²) in [5.74, 6) is 0.856. The lowest BCUT2D eigenvalue weighted by Crippen LogP contribution is -2.22. The van der Waals surface area contributed by atoms with Gasteiger partial charge in [-0.05, 0) is 24.5 Å². The lowest BCUT2D eigenvalue weighted by Gasteiger charge is -2.18. The summed E-state index contributed by atoms with van der Waals surface area (Å²) < 4.78 is 0. The Morgan fingerprint density at radius 3 is 2.56 bits per heavy atom. The van der Waals surface area contributed by atoms with Gasteiger partial charge in [-0.2, -0.15) is 0 Å². The smallest absolute Gasteiger partial charge is 0.269 e. The van der Waals surface area contributed by atoms with Crippen LogP contribution in [0.25, 0.3) is 0 Å². The van der Waals surface area contributed by atoms with Gasteiger partial charge in [0.15, 0.2) is 11.5 Å². The number of nitrogens with zero attached hydrogens (tertiary/aromatic N) is 3. The average molecular weight is 222 g/mol. The number of amides is 1. The van der Waals surface area contributed by atoms with Gasteiger partial charge in [-0.15, -0.1) is 10.2 Å². The zero-order valence-corrected chi connectivity index (χ0v) is 9.97. The van der Waals surface area contributed by atoms with E-state index in [1.54, 1.807) is 12.1 Å². The van der Waals surface area contributed by atoms with E-state index in [-0.39, 0.29) is 5.69 Å². The first kappa shape index (κ1) is 12.4. The molecule has 16 heavy (non-hydrogen) atoms. The number of aromatic nitrogens is 2. The highest BCUT2D eigenvalue weighted by Gasteiger charge is 2.06. The van der Waals surface area contributed by atoms with Crippen molar-refractivity contribution in [3.05, 3.63) is 17.8 Å². The number of hydrogen-bond acceptors (Lipinski definition) is 4. The minimum absolute atomic E-state index is 0.195. The van der Waals surface area contributed by atoms with Crippen LogP contribution >= 0.6 is 0 Å². The van der Waals surface area contributed by atoms with E-state index in [9.17, 15) is 4.79 Å². The van der Waals surface area contributed by atoms with Gasteiger partial charge in [0, 0.05) is 13.6 Å². The molecule has 0 bridgehead atoms. The molecule has 5 heteroatoms. The molecule has 1 aromatic heterocycles. The highest BCUT2D eigenvalue weighted by atomic mass is 16.1. The average Bonchev–Trinajstić information content (AvgIpc) is 2.26. The zero-order chi connectivity index (χ0) is 12.1. The number of carbonyl (C=O) groups excluding carboxylic acids is 1. The quantitative estimate of drug-likeness (QED) is 0.808. The summed E-state index contributed by atoms with van der Waals surface area (Å²) in [6.45, 7) is 5.27. The van der Waals surface area contributed by atoms with Crippen molar-refractivity contribution in [2.75, 3.05) is 18.5 Å². The molecular formula is C11H18N4O. The predicted octanol–water partition coefficient (Wildman–Crippen LogP) is 1.06. The Kier molecular flexibility index (Phi) is 4.22. The highest BCUT2D eigenvalue weighted by molar-refractivity contribution is 5.90. The fourth-order valence-corrected chi connectivity index (χ4v) is 1.23. The summed E-state index contributed by atoms with van der Waals surface area (Å²) in [4.78, 5) is 12.8. The number of hydrogen-bond donors (Lipinski definition) is 1. The van der Waals surface area contributed by atoms with E-state index < -0.39 is 5.91 Å². The molecule has 88 valence electrons. The first-order chi connectivity index (χ1) is 7.50. The second-order valence-electron chi connectivity index (χ2n) is 4.25. The van der Waals surface area contributed by atoms with Crippen molar-refractivity contribution in [3.8, 4) is 0 Å². The molecule has 2 N–H and O–H groups in total. The van der Waals surface area contributed by atoms with Crippen LogP contribution in [-0.4, -0.2) is 29.7 Å². The van der Waals surface area contributed by atoms with Crippen LogP contribution in [0, 0.1) is 5.92 Å². The molecule has 1 amide bonds. The van der Waals surface area contributed by atoms with Crippen LogP contribution < -0.4 is 10.6 Å². The fourth-order valence-electron chi connectivity index (χ4n) is 1.23. The van der Waals surface area contributed by atoms with Crippen LogP contribution in [0.2, 0.25) is 0 Å². The Hall–Kier alpha value is -1.65. The molecule has 1 rings (SSSR count). The van der Waals surface area contributed by atoms with Gasteiger partial charge >= 0.3 is 0 Å². The minimum Gasteiger partial charge on any atom is -0.364 e. The lowest BCUT2D eigenvalue weighted by molar-refractivity contribution is 0.0994. The van der Waals surface area contributed by atoms with Crippen molar-refractivity contribution in [2.24, 2.45) is 11.7 Å². The van der Waals surface area contributed by atoms with Gasteiger partial charge in [-0.25, -0.2) is 0 Å². The molecule has 0 radical (unpaired) electrons. The second-order valence-corrected chi connectivity index (χ2v) is 4.25. The summed E-state index contributed by atoms with van der Waals surface area (Å²) in [6, 6.07) is 3.35. The van der Waals surface area contributed by atoms with Crippen molar-refractivity contribution < 1.29 is 4.79 Å². The van der Waals surface area contributed by atoms with E-state index >= 15 is 0 Å². The SMILES string of the molecule is CC(C)CCN(C)c1ccc(C(N)=O)nn1. The van der Waals surface area contributed by atoms with Crippen LogP contribution in [0.1, 0.15) is 30.8 Å². The molecule has 0 fully saturated rings. The Morgan fingerprint density at radius 1 is 1.44 bits per heavy atom. The molecule has 5 nitrogen and oxygen atoms in total. The van der Waals surface area contributed by atoms with Gasteiger partial charge in [0.1, 0.15) is 0 Å². The second kappa shape index (κ2) is 5.44. The summed E-state index contributed by atoms with van der Waals surface area (Å²) in [6.07, 6.45) is 1.09. The molecule has 0 atom stereocenters. The molecular weight excluding hydrogens is 204 g/mol. The number of carbonyl (C=O) groups is 1. The summed E-state index contributed by atoms with van der Waals surface area (Å²) in [5, 5.41) is 7.71. The molecule has 0 aromatic carbocycles. The Morgan fingerprint density at radius 2 is 2.12 bits per heavy atom. The highest BCUT2D eigenvalue weighted by Crippen LogP contribution is 2.09. The molecule has 0 aliphatic carbocycles. The predicted molar refractivity (Wildman–Crippen MR) is 63.3 cm³/mol. The Balaban J connectivity index is 2.63. The molecule has 0 saturated heterocycles. The van der Waals surface area contributed by atoms with Crippen molar-refractivity contribution in [2.45, 2.75) is 20.3 Å². The zero-order valence-electron chi connectivity index (χ0n) is 9.97. The molecule has 0 spiro atoms. The van der Waals surface area contributed by atoms with E-state index in [2.05, 4.69) is 24.0 Å².